The Morgan fingerprint density at radius 3 is 2.92 bits per heavy atom. The van der Waals surface area contributed by atoms with E-state index in [1.807, 2.05) is 0 Å². The second-order valence-corrected chi connectivity index (χ2v) is 3.92. The predicted molar refractivity (Wildman–Crippen MR) is 56.8 cm³/mol. The van der Waals surface area contributed by atoms with E-state index in [4.69, 9.17) is 9.47 Å². The number of halogens is 1. The number of methoxy groups -OCH3 is 1. The molecule has 3 atom stereocenters. The van der Waals surface area contributed by atoms with Crippen LogP contribution in [0.3, 0.4) is 0 Å². The minimum atomic E-state index is -0.170. The van der Waals surface area contributed by atoms with Crippen LogP contribution in [0.2, 0.25) is 0 Å². The van der Waals surface area contributed by atoms with Crippen molar-refractivity contribution in [1.29, 1.82) is 0 Å². The molecular weight excluding hydrogens is 285 g/mol. The molecular formula is C8H14INO3. The van der Waals surface area contributed by atoms with Crippen LogP contribution in [0.5, 0.6) is 0 Å². The highest BCUT2D eigenvalue weighted by atomic mass is 127. The summed E-state index contributed by atoms with van der Waals surface area (Å²) in [7, 11) is 1.62. The molecule has 5 heteroatoms. The fourth-order valence-electron chi connectivity index (χ4n) is 1.41. The number of alkyl halides is 1. The molecule has 13 heavy (non-hydrogen) atoms. The standard InChI is InChI=1S/C8H14INO3/c1-5(11)10-6-3-8(12-2)13-7(6)4-9/h6-8H,3-4H2,1-2H3,(H,10,11)/t6-,7-,8-/m1/s1. The van der Waals surface area contributed by atoms with Gasteiger partial charge >= 0.3 is 0 Å². The normalized spacial score (nSPS) is 33.3. The highest BCUT2D eigenvalue weighted by molar-refractivity contribution is 14.1. The van der Waals surface area contributed by atoms with Gasteiger partial charge in [-0.15, -0.1) is 0 Å². The zero-order chi connectivity index (χ0) is 9.84. The van der Waals surface area contributed by atoms with Crippen molar-refractivity contribution in [2.24, 2.45) is 0 Å². The van der Waals surface area contributed by atoms with Gasteiger partial charge in [0.25, 0.3) is 0 Å². The SMILES string of the molecule is CO[C@H]1C[C@@H](NC(C)=O)[C@@H](CI)O1. The van der Waals surface area contributed by atoms with Crippen LogP contribution in [-0.4, -0.2) is 35.9 Å². The molecule has 1 heterocycles. The van der Waals surface area contributed by atoms with Crippen molar-refractivity contribution >= 4 is 28.5 Å². The molecule has 1 aliphatic rings. The van der Waals surface area contributed by atoms with E-state index in [0.717, 1.165) is 10.8 Å². The van der Waals surface area contributed by atoms with Gasteiger partial charge in [-0.3, -0.25) is 4.79 Å². The van der Waals surface area contributed by atoms with Gasteiger partial charge in [-0.2, -0.15) is 0 Å². The van der Waals surface area contributed by atoms with Gasteiger partial charge in [0, 0.05) is 24.9 Å². The molecule has 0 radical (unpaired) electrons. The van der Waals surface area contributed by atoms with Crippen molar-refractivity contribution in [1.82, 2.24) is 5.32 Å². The fraction of sp³-hybridized carbons (Fsp3) is 0.875. The van der Waals surface area contributed by atoms with Crippen molar-refractivity contribution in [3.8, 4) is 0 Å². The predicted octanol–water partition coefficient (Wildman–Crippen LogP) is 0.687. The number of rotatable bonds is 3. The number of ether oxygens (including phenoxy) is 2. The van der Waals surface area contributed by atoms with Gasteiger partial charge < -0.3 is 14.8 Å². The molecule has 1 N–H and O–H groups in total. The Balaban J connectivity index is 2.47. The molecule has 76 valence electrons. The average molecular weight is 299 g/mol. The van der Waals surface area contributed by atoms with E-state index in [9.17, 15) is 4.79 Å². The average Bonchev–Trinajstić information content (AvgIpc) is 2.46. The lowest BCUT2D eigenvalue weighted by atomic mass is 10.1. The third-order valence-electron chi connectivity index (χ3n) is 2.03. The van der Waals surface area contributed by atoms with E-state index < -0.39 is 0 Å². The van der Waals surface area contributed by atoms with Crippen LogP contribution in [0.4, 0.5) is 0 Å². The Morgan fingerprint density at radius 1 is 1.77 bits per heavy atom. The molecule has 0 aromatic carbocycles. The van der Waals surface area contributed by atoms with Gasteiger partial charge in [0.15, 0.2) is 6.29 Å². The summed E-state index contributed by atoms with van der Waals surface area (Å²) in [5.41, 5.74) is 0. The summed E-state index contributed by atoms with van der Waals surface area (Å²) in [6, 6.07) is 0.0966. The lowest BCUT2D eigenvalue weighted by Gasteiger charge is -2.15. The zero-order valence-corrected chi connectivity index (χ0v) is 9.91. The summed E-state index contributed by atoms with van der Waals surface area (Å²) >= 11 is 2.25. The first-order valence-corrected chi connectivity index (χ1v) is 5.71. The molecule has 1 saturated heterocycles. The van der Waals surface area contributed by atoms with Crippen LogP contribution in [0, 0.1) is 0 Å². The van der Waals surface area contributed by atoms with E-state index in [0.29, 0.717) is 0 Å². The number of hydrogen-bond donors (Lipinski definition) is 1. The van der Waals surface area contributed by atoms with Crippen molar-refractivity contribution in [2.45, 2.75) is 31.8 Å². The first kappa shape index (κ1) is 11.2. The number of carbonyl (C=O) groups is 1. The van der Waals surface area contributed by atoms with Gasteiger partial charge in [0.1, 0.15) is 0 Å². The Hall–Kier alpha value is 0.120. The molecule has 0 saturated carbocycles. The van der Waals surface area contributed by atoms with Crippen LogP contribution in [0.15, 0.2) is 0 Å². The Morgan fingerprint density at radius 2 is 2.46 bits per heavy atom. The van der Waals surface area contributed by atoms with E-state index in [-0.39, 0.29) is 24.3 Å². The van der Waals surface area contributed by atoms with Crippen LogP contribution in [-0.2, 0) is 14.3 Å². The lowest BCUT2D eigenvalue weighted by molar-refractivity contribution is -0.120. The van der Waals surface area contributed by atoms with Gasteiger partial charge in [-0.1, -0.05) is 22.6 Å². The minimum Gasteiger partial charge on any atom is -0.356 e. The van der Waals surface area contributed by atoms with Crippen molar-refractivity contribution in [2.75, 3.05) is 11.5 Å². The molecule has 0 unspecified atom stereocenters. The van der Waals surface area contributed by atoms with E-state index in [2.05, 4.69) is 27.9 Å². The van der Waals surface area contributed by atoms with E-state index in [1.165, 1.54) is 6.92 Å². The maximum atomic E-state index is 10.8. The van der Waals surface area contributed by atoms with Crippen LogP contribution < -0.4 is 5.32 Å². The third kappa shape index (κ3) is 3.07. The largest absolute Gasteiger partial charge is 0.356 e. The monoisotopic (exact) mass is 299 g/mol. The topological polar surface area (TPSA) is 47.6 Å². The molecule has 0 aromatic rings. The van der Waals surface area contributed by atoms with Crippen LogP contribution >= 0.6 is 22.6 Å². The van der Waals surface area contributed by atoms with E-state index >= 15 is 0 Å². The van der Waals surface area contributed by atoms with Gasteiger partial charge in [0.05, 0.1) is 12.1 Å². The minimum absolute atomic E-state index is 0.0137. The summed E-state index contributed by atoms with van der Waals surface area (Å²) < 4.78 is 11.5. The maximum Gasteiger partial charge on any atom is 0.217 e. The second-order valence-electron chi connectivity index (χ2n) is 3.04. The van der Waals surface area contributed by atoms with Crippen molar-refractivity contribution in [3.05, 3.63) is 0 Å². The van der Waals surface area contributed by atoms with Crippen molar-refractivity contribution in [3.63, 3.8) is 0 Å². The number of carbonyl (C=O) groups excluding carboxylic acids is 1. The first-order valence-electron chi connectivity index (χ1n) is 4.18. The lowest BCUT2D eigenvalue weighted by Crippen LogP contribution is -2.39. The summed E-state index contributed by atoms with van der Waals surface area (Å²) in [5.74, 6) is -0.0137. The maximum absolute atomic E-state index is 10.8. The quantitative estimate of drug-likeness (QED) is 0.616. The highest BCUT2D eigenvalue weighted by Gasteiger charge is 2.34. The van der Waals surface area contributed by atoms with Crippen LogP contribution in [0.25, 0.3) is 0 Å². The molecule has 1 rings (SSSR count). The Kier molecular flexibility index (Phi) is 4.40. The highest BCUT2D eigenvalue weighted by Crippen LogP contribution is 2.22. The molecule has 1 fully saturated rings. The summed E-state index contributed by atoms with van der Waals surface area (Å²) in [5, 5.41) is 2.86. The number of hydrogen-bond acceptors (Lipinski definition) is 3. The Bertz CT molecular complexity index is 188. The fourth-order valence-corrected chi connectivity index (χ4v) is 2.23. The number of amides is 1. The molecule has 1 aliphatic heterocycles. The summed E-state index contributed by atoms with van der Waals surface area (Å²) in [4.78, 5) is 10.8. The second kappa shape index (κ2) is 5.11. The molecule has 4 nitrogen and oxygen atoms in total. The molecule has 0 bridgehead atoms. The van der Waals surface area contributed by atoms with Gasteiger partial charge in [-0.25, -0.2) is 0 Å². The molecule has 0 aromatic heterocycles. The zero-order valence-electron chi connectivity index (χ0n) is 7.75. The summed E-state index contributed by atoms with van der Waals surface area (Å²) in [6.07, 6.45) is 0.648. The van der Waals surface area contributed by atoms with E-state index in [1.54, 1.807) is 7.11 Å². The third-order valence-corrected chi connectivity index (χ3v) is 2.89. The summed E-state index contributed by atoms with van der Waals surface area (Å²) in [6.45, 7) is 1.52. The van der Waals surface area contributed by atoms with Crippen LogP contribution in [0.1, 0.15) is 13.3 Å². The van der Waals surface area contributed by atoms with Gasteiger partial charge in [0.2, 0.25) is 5.91 Å². The smallest absolute Gasteiger partial charge is 0.217 e. The molecule has 0 aliphatic carbocycles. The number of nitrogens with one attached hydrogen (secondary N) is 1. The Labute approximate surface area is 91.5 Å². The molecule has 0 spiro atoms. The first-order chi connectivity index (χ1) is 6.17. The van der Waals surface area contributed by atoms with Crippen molar-refractivity contribution < 1.29 is 14.3 Å². The van der Waals surface area contributed by atoms with Gasteiger partial charge in [-0.05, 0) is 0 Å². The molecule has 1 amide bonds.